The predicted molar refractivity (Wildman–Crippen MR) is 106 cm³/mol. The summed E-state index contributed by atoms with van der Waals surface area (Å²) in [4.78, 5) is 0. The summed E-state index contributed by atoms with van der Waals surface area (Å²) >= 11 is 0. The van der Waals surface area contributed by atoms with Crippen molar-refractivity contribution in [3.05, 3.63) is 113 Å². The summed E-state index contributed by atoms with van der Waals surface area (Å²) in [6.45, 7) is 0. The summed E-state index contributed by atoms with van der Waals surface area (Å²) in [5.74, 6) is 0.355. The Kier molecular flexibility index (Phi) is 5.84. The van der Waals surface area contributed by atoms with Crippen LogP contribution in [0.1, 0.15) is 22.3 Å². The number of hydrogen-bond donors (Lipinski definition) is 1. The molecule has 0 heterocycles. The molecule has 124 valence electrons. The normalized spacial score (nSPS) is 11.4. The number of phenols is 1. The molecule has 0 atom stereocenters. The molecule has 1 nitrogen and oxygen atoms in total. The first-order valence-electron chi connectivity index (χ1n) is 8.55. The van der Waals surface area contributed by atoms with Gasteiger partial charge in [0.25, 0.3) is 0 Å². The third-order valence-corrected chi connectivity index (χ3v) is 4.05. The first-order valence-corrected chi connectivity index (χ1v) is 8.55. The Morgan fingerprint density at radius 2 is 1.20 bits per heavy atom. The van der Waals surface area contributed by atoms with Crippen molar-refractivity contribution in [1.29, 1.82) is 0 Å². The van der Waals surface area contributed by atoms with Gasteiger partial charge in [0.05, 0.1) is 0 Å². The summed E-state index contributed by atoms with van der Waals surface area (Å²) in [6.07, 6.45) is 10.0. The Balaban J connectivity index is 1.64. The molecule has 0 spiro atoms. The molecule has 0 fully saturated rings. The molecule has 0 amide bonds. The maximum absolute atomic E-state index is 10.1. The molecular formula is C24H22O. The average Bonchev–Trinajstić information content (AvgIpc) is 2.66. The van der Waals surface area contributed by atoms with Gasteiger partial charge in [-0.15, -0.1) is 0 Å². The van der Waals surface area contributed by atoms with Crippen LogP contribution in [0.25, 0.3) is 12.2 Å². The van der Waals surface area contributed by atoms with Gasteiger partial charge in [-0.05, 0) is 41.2 Å². The minimum Gasteiger partial charge on any atom is -0.508 e. The minimum atomic E-state index is 0.355. The first-order chi connectivity index (χ1) is 12.3. The number of allylic oxidation sites excluding steroid dienone is 2. The van der Waals surface area contributed by atoms with Gasteiger partial charge < -0.3 is 5.11 Å². The third-order valence-electron chi connectivity index (χ3n) is 4.05. The molecule has 0 bridgehead atoms. The fourth-order valence-corrected chi connectivity index (χ4v) is 2.71. The monoisotopic (exact) mass is 326 g/mol. The van der Waals surface area contributed by atoms with Crippen LogP contribution >= 0.6 is 0 Å². The topological polar surface area (TPSA) is 20.2 Å². The molecule has 1 heteroatoms. The first kappa shape index (κ1) is 16.8. The SMILES string of the molecule is Oc1ccc(C/C=C/c2ccccc2)cc1C/C=C/c1ccccc1. The maximum Gasteiger partial charge on any atom is 0.119 e. The van der Waals surface area contributed by atoms with Gasteiger partial charge in [0, 0.05) is 0 Å². The molecular weight excluding hydrogens is 304 g/mol. The third kappa shape index (κ3) is 5.22. The van der Waals surface area contributed by atoms with Crippen molar-refractivity contribution in [2.24, 2.45) is 0 Å². The van der Waals surface area contributed by atoms with Crippen LogP contribution in [-0.2, 0) is 12.8 Å². The minimum absolute atomic E-state index is 0.355. The summed E-state index contributed by atoms with van der Waals surface area (Å²) in [6, 6.07) is 26.3. The number of phenolic OH excluding ortho intramolecular Hbond substituents is 1. The van der Waals surface area contributed by atoms with Crippen molar-refractivity contribution < 1.29 is 5.11 Å². The number of rotatable bonds is 6. The average molecular weight is 326 g/mol. The van der Waals surface area contributed by atoms with E-state index in [1.165, 1.54) is 16.7 Å². The van der Waals surface area contributed by atoms with E-state index in [2.05, 4.69) is 54.6 Å². The highest BCUT2D eigenvalue weighted by atomic mass is 16.3. The Bertz CT molecular complexity index is 846. The van der Waals surface area contributed by atoms with Crippen molar-refractivity contribution in [3.8, 4) is 5.75 Å². The molecule has 1 N–H and O–H groups in total. The lowest BCUT2D eigenvalue weighted by molar-refractivity contribution is 0.469. The predicted octanol–water partition coefficient (Wildman–Crippen LogP) is 5.90. The highest BCUT2D eigenvalue weighted by molar-refractivity contribution is 5.51. The van der Waals surface area contributed by atoms with E-state index in [-0.39, 0.29) is 0 Å². The zero-order valence-corrected chi connectivity index (χ0v) is 14.2. The molecule has 0 saturated carbocycles. The van der Waals surface area contributed by atoms with E-state index in [0.717, 1.165) is 18.4 Å². The van der Waals surface area contributed by atoms with Gasteiger partial charge in [0.2, 0.25) is 0 Å². The lowest BCUT2D eigenvalue weighted by atomic mass is 10.0. The van der Waals surface area contributed by atoms with Crippen LogP contribution in [-0.4, -0.2) is 5.11 Å². The van der Waals surface area contributed by atoms with Gasteiger partial charge in [-0.25, -0.2) is 0 Å². The second kappa shape index (κ2) is 8.70. The summed E-state index contributed by atoms with van der Waals surface area (Å²) in [5, 5.41) is 10.1. The molecule has 3 aromatic rings. The van der Waals surface area contributed by atoms with E-state index in [1.807, 2.05) is 42.5 Å². The van der Waals surface area contributed by atoms with E-state index in [9.17, 15) is 5.11 Å². The number of hydrogen-bond acceptors (Lipinski definition) is 1. The fourth-order valence-electron chi connectivity index (χ4n) is 2.71. The number of aromatic hydroxyl groups is 1. The lowest BCUT2D eigenvalue weighted by Crippen LogP contribution is -1.88. The van der Waals surface area contributed by atoms with E-state index in [1.54, 1.807) is 6.07 Å². The highest BCUT2D eigenvalue weighted by Gasteiger charge is 2.01. The van der Waals surface area contributed by atoms with Crippen LogP contribution in [0, 0.1) is 0 Å². The molecule has 0 saturated heterocycles. The van der Waals surface area contributed by atoms with Crippen molar-refractivity contribution >= 4 is 12.2 Å². The Labute approximate surface area is 149 Å². The van der Waals surface area contributed by atoms with E-state index in [4.69, 9.17) is 0 Å². The van der Waals surface area contributed by atoms with Crippen molar-refractivity contribution in [2.45, 2.75) is 12.8 Å². The Morgan fingerprint density at radius 3 is 1.80 bits per heavy atom. The molecule has 0 aliphatic heterocycles. The van der Waals surface area contributed by atoms with Crippen LogP contribution in [0.3, 0.4) is 0 Å². The molecule has 0 unspecified atom stereocenters. The fraction of sp³-hybridized carbons (Fsp3) is 0.0833. The van der Waals surface area contributed by atoms with Gasteiger partial charge in [0.15, 0.2) is 0 Å². The molecule has 3 rings (SSSR count). The summed E-state index contributed by atoms with van der Waals surface area (Å²) < 4.78 is 0. The second-order valence-electron chi connectivity index (χ2n) is 6.00. The van der Waals surface area contributed by atoms with Gasteiger partial charge in [0.1, 0.15) is 5.75 Å². The van der Waals surface area contributed by atoms with Crippen molar-refractivity contribution in [1.82, 2.24) is 0 Å². The quantitative estimate of drug-likeness (QED) is 0.597. The van der Waals surface area contributed by atoms with Crippen molar-refractivity contribution in [2.75, 3.05) is 0 Å². The van der Waals surface area contributed by atoms with E-state index in [0.29, 0.717) is 5.75 Å². The number of benzene rings is 3. The molecule has 25 heavy (non-hydrogen) atoms. The van der Waals surface area contributed by atoms with Crippen LogP contribution < -0.4 is 0 Å². The molecule has 0 aliphatic carbocycles. The second-order valence-corrected chi connectivity index (χ2v) is 6.00. The Hall–Kier alpha value is -3.06. The van der Waals surface area contributed by atoms with Gasteiger partial charge in [-0.2, -0.15) is 0 Å². The van der Waals surface area contributed by atoms with Gasteiger partial charge in [-0.3, -0.25) is 0 Å². The van der Waals surface area contributed by atoms with Crippen molar-refractivity contribution in [3.63, 3.8) is 0 Å². The molecule has 0 radical (unpaired) electrons. The van der Waals surface area contributed by atoms with Crippen LogP contribution in [0.4, 0.5) is 0 Å². The summed E-state index contributed by atoms with van der Waals surface area (Å²) in [7, 11) is 0. The van der Waals surface area contributed by atoms with E-state index >= 15 is 0 Å². The van der Waals surface area contributed by atoms with Crippen LogP contribution in [0.2, 0.25) is 0 Å². The zero-order chi connectivity index (χ0) is 17.3. The van der Waals surface area contributed by atoms with Crippen LogP contribution in [0.15, 0.2) is 91.0 Å². The van der Waals surface area contributed by atoms with Crippen LogP contribution in [0.5, 0.6) is 5.75 Å². The van der Waals surface area contributed by atoms with Gasteiger partial charge in [-0.1, -0.05) is 97.1 Å². The van der Waals surface area contributed by atoms with Gasteiger partial charge >= 0.3 is 0 Å². The highest BCUT2D eigenvalue weighted by Crippen LogP contribution is 2.20. The molecule has 0 aliphatic rings. The standard InChI is InChI=1S/C24H22O/c25-24-18-17-22(15-7-13-20-9-3-1-4-10-20)19-23(24)16-8-14-21-11-5-2-6-12-21/h1-14,17-19,25H,15-16H2/b13-7+,14-8+. The molecule has 3 aromatic carbocycles. The smallest absolute Gasteiger partial charge is 0.119 e. The maximum atomic E-state index is 10.1. The summed E-state index contributed by atoms with van der Waals surface area (Å²) in [5.41, 5.74) is 4.53. The largest absolute Gasteiger partial charge is 0.508 e. The van der Waals surface area contributed by atoms with E-state index < -0.39 is 0 Å². The zero-order valence-electron chi connectivity index (χ0n) is 14.2. The lowest BCUT2D eigenvalue weighted by Gasteiger charge is -2.05. The Morgan fingerprint density at radius 1 is 0.640 bits per heavy atom. The molecule has 0 aromatic heterocycles.